The normalized spacial score (nSPS) is 18.8. The van der Waals surface area contributed by atoms with Gasteiger partial charge in [0, 0.05) is 17.5 Å². The van der Waals surface area contributed by atoms with Crippen LogP contribution in [-0.4, -0.2) is 42.6 Å². The number of nitrogens with one attached hydrogen (secondary N) is 1. The fraction of sp³-hybridized carbons (Fsp3) is 0.533. The molecule has 1 amide bonds. The fourth-order valence-corrected chi connectivity index (χ4v) is 2.54. The third-order valence-electron chi connectivity index (χ3n) is 3.81. The van der Waals surface area contributed by atoms with Gasteiger partial charge in [-0.2, -0.15) is 0 Å². The van der Waals surface area contributed by atoms with Gasteiger partial charge in [0.25, 0.3) is 0 Å². The summed E-state index contributed by atoms with van der Waals surface area (Å²) < 4.78 is 0. The Labute approximate surface area is 124 Å². The fourth-order valence-electron chi connectivity index (χ4n) is 2.42. The van der Waals surface area contributed by atoms with Gasteiger partial charge in [-0.15, -0.1) is 0 Å². The monoisotopic (exact) mass is 296 g/mol. The highest BCUT2D eigenvalue weighted by Crippen LogP contribution is 2.18. The van der Waals surface area contributed by atoms with Crippen LogP contribution in [0.2, 0.25) is 5.02 Å². The molecular weight excluding hydrogens is 276 g/mol. The van der Waals surface area contributed by atoms with Crippen LogP contribution in [0.25, 0.3) is 0 Å². The molecule has 5 heteroatoms. The number of amides is 1. The van der Waals surface area contributed by atoms with Gasteiger partial charge in [0.2, 0.25) is 5.91 Å². The van der Waals surface area contributed by atoms with Crippen LogP contribution in [0, 0.1) is 5.92 Å². The summed E-state index contributed by atoms with van der Waals surface area (Å²) in [6.45, 7) is 2.16. The lowest BCUT2D eigenvalue weighted by atomic mass is 9.96. The van der Waals surface area contributed by atoms with E-state index in [2.05, 4.69) is 17.3 Å². The number of aliphatic hydroxyl groups excluding tert-OH is 1. The van der Waals surface area contributed by atoms with Gasteiger partial charge in [-0.3, -0.25) is 4.79 Å². The molecule has 20 heavy (non-hydrogen) atoms. The minimum absolute atomic E-state index is 0.0473. The maximum atomic E-state index is 12.0. The number of carbonyl (C=O) groups is 1. The summed E-state index contributed by atoms with van der Waals surface area (Å²) in [5.74, 6) is 0.120. The molecule has 1 aromatic carbocycles. The molecule has 4 nitrogen and oxygen atoms in total. The zero-order valence-corrected chi connectivity index (χ0v) is 12.4. The van der Waals surface area contributed by atoms with Crippen molar-refractivity contribution in [3.63, 3.8) is 0 Å². The average molecular weight is 297 g/mol. The first-order chi connectivity index (χ1) is 9.56. The van der Waals surface area contributed by atoms with Gasteiger partial charge < -0.3 is 15.3 Å². The molecule has 110 valence electrons. The first-order valence-electron chi connectivity index (χ1n) is 6.96. The number of hydrogen-bond donors (Lipinski definition) is 2. The van der Waals surface area contributed by atoms with Gasteiger partial charge >= 0.3 is 0 Å². The van der Waals surface area contributed by atoms with E-state index in [0.717, 1.165) is 31.5 Å². The first-order valence-corrected chi connectivity index (χ1v) is 7.34. The summed E-state index contributed by atoms with van der Waals surface area (Å²) in [6, 6.07) is 7.02. The number of carbonyl (C=O) groups excluding carboxylic acids is 1. The Kier molecular flexibility index (Phi) is 5.40. The van der Waals surface area contributed by atoms with E-state index >= 15 is 0 Å². The lowest BCUT2D eigenvalue weighted by molar-refractivity contribution is -0.126. The minimum atomic E-state index is -0.692. The standard InChI is InChI=1S/C15H21ClN2O2/c1-18-8-6-12(7-9-18)15(20)17-10-14(19)11-2-4-13(16)5-3-11/h2-5,12,14,19H,6-10H2,1H3,(H,17,20). The lowest BCUT2D eigenvalue weighted by Gasteiger charge is -2.28. The van der Waals surface area contributed by atoms with Crippen LogP contribution < -0.4 is 5.32 Å². The van der Waals surface area contributed by atoms with Gasteiger partial charge in [0.1, 0.15) is 0 Å². The van der Waals surface area contributed by atoms with Crippen molar-refractivity contribution < 1.29 is 9.90 Å². The summed E-state index contributed by atoms with van der Waals surface area (Å²) in [5.41, 5.74) is 0.762. The van der Waals surface area contributed by atoms with Crippen LogP contribution in [0.5, 0.6) is 0 Å². The average Bonchev–Trinajstić information content (AvgIpc) is 2.46. The van der Waals surface area contributed by atoms with Crippen molar-refractivity contribution in [1.82, 2.24) is 10.2 Å². The van der Waals surface area contributed by atoms with E-state index in [1.54, 1.807) is 24.3 Å². The molecule has 2 N–H and O–H groups in total. The van der Waals surface area contributed by atoms with Crippen molar-refractivity contribution in [2.75, 3.05) is 26.7 Å². The molecule has 0 aliphatic carbocycles. The third-order valence-corrected chi connectivity index (χ3v) is 4.07. The van der Waals surface area contributed by atoms with Gasteiger partial charge in [-0.25, -0.2) is 0 Å². The van der Waals surface area contributed by atoms with Crippen LogP contribution in [0.4, 0.5) is 0 Å². The zero-order valence-electron chi connectivity index (χ0n) is 11.7. The summed E-state index contributed by atoms with van der Waals surface area (Å²) in [7, 11) is 2.07. The van der Waals surface area contributed by atoms with Gasteiger partial charge in [-0.05, 0) is 50.7 Å². The van der Waals surface area contributed by atoms with Crippen molar-refractivity contribution >= 4 is 17.5 Å². The molecule has 0 saturated carbocycles. The highest BCUT2D eigenvalue weighted by Gasteiger charge is 2.23. The number of hydrogen-bond acceptors (Lipinski definition) is 3. The predicted octanol–water partition coefficient (Wildman–Crippen LogP) is 1.83. The summed E-state index contributed by atoms with van der Waals surface area (Å²) in [4.78, 5) is 14.3. The number of likely N-dealkylation sites (tertiary alicyclic amines) is 1. The minimum Gasteiger partial charge on any atom is -0.387 e. The van der Waals surface area contributed by atoms with E-state index in [-0.39, 0.29) is 18.4 Å². The second-order valence-electron chi connectivity index (χ2n) is 5.39. The number of piperidine rings is 1. The van der Waals surface area contributed by atoms with Crippen molar-refractivity contribution in [2.45, 2.75) is 18.9 Å². The second kappa shape index (κ2) is 7.07. The Hall–Kier alpha value is -1.10. The molecule has 1 fully saturated rings. The highest BCUT2D eigenvalue weighted by molar-refractivity contribution is 6.30. The molecule has 1 atom stereocenters. The van der Waals surface area contributed by atoms with E-state index in [1.165, 1.54) is 0 Å². The predicted molar refractivity (Wildman–Crippen MR) is 79.6 cm³/mol. The van der Waals surface area contributed by atoms with Crippen molar-refractivity contribution in [3.8, 4) is 0 Å². The maximum absolute atomic E-state index is 12.0. The number of rotatable bonds is 4. The first kappa shape index (κ1) is 15.3. The van der Waals surface area contributed by atoms with Gasteiger partial charge in [-0.1, -0.05) is 23.7 Å². The maximum Gasteiger partial charge on any atom is 0.223 e. The van der Waals surface area contributed by atoms with Crippen molar-refractivity contribution in [2.24, 2.45) is 5.92 Å². The molecule has 0 aromatic heterocycles. The summed E-state index contributed by atoms with van der Waals surface area (Å²) in [5, 5.41) is 13.5. The summed E-state index contributed by atoms with van der Waals surface area (Å²) >= 11 is 5.80. The Morgan fingerprint density at radius 2 is 2.00 bits per heavy atom. The number of aliphatic hydroxyl groups is 1. The van der Waals surface area contributed by atoms with Crippen molar-refractivity contribution in [3.05, 3.63) is 34.9 Å². The molecule has 1 aromatic rings. The molecule has 2 rings (SSSR count). The van der Waals surface area contributed by atoms with E-state index in [4.69, 9.17) is 11.6 Å². The number of benzene rings is 1. The SMILES string of the molecule is CN1CCC(C(=O)NCC(O)c2ccc(Cl)cc2)CC1. The van der Waals surface area contributed by atoms with E-state index in [9.17, 15) is 9.90 Å². The molecule has 0 spiro atoms. The van der Waals surface area contributed by atoms with Crippen LogP contribution in [0.1, 0.15) is 24.5 Å². The zero-order chi connectivity index (χ0) is 14.5. The second-order valence-corrected chi connectivity index (χ2v) is 5.83. The molecule has 1 saturated heterocycles. The third kappa shape index (κ3) is 4.20. The molecule has 1 aliphatic heterocycles. The summed E-state index contributed by atoms with van der Waals surface area (Å²) in [6.07, 6.45) is 1.08. The van der Waals surface area contributed by atoms with Crippen LogP contribution in [-0.2, 0) is 4.79 Å². The van der Waals surface area contributed by atoms with Crippen LogP contribution in [0.15, 0.2) is 24.3 Å². The van der Waals surface area contributed by atoms with Crippen LogP contribution in [0.3, 0.4) is 0 Å². The smallest absolute Gasteiger partial charge is 0.223 e. The van der Waals surface area contributed by atoms with Gasteiger partial charge in [0.05, 0.1) is 6.10 Å². The molecule has 1 aliphatic rings. The lowest BCUT2D eigenvalue weighted by Crippen LogP contribution is -2.40. The molecule has 1 heterocycles. The largest absolute Gasteiger partial charge is 0.387 e. The van der Waals surface area contributed by atoms with Crippen molar-refractivity contribution in [1.29, 1.82) is 0 Å². The van der Waals surface area contributed by atoms with Gasteiger partial charge in [0.15, 0.2) is 0 Å². The van der Waals surface area contributed by atoms with E-state index in [1.807, 2.05) is 0 Å². The Bertz CT molecular complexity index is 442. The topological polar surface area (TPSA) is 52.6 Å². The van der Waals surface area contributed by atoms with E-state index in [0.29, 0.717) is 5.02 Å². The molecular formula is C15H21ClN2O2. The Morgan fingerprint density at radius 3 is 2.60 bits per heavy atom. The molecule has 1 unspecified atom stereocenters. The van der Waals surface area contributed by atoms with Crippen LogP contribution >= 0.6 is 11.6 Å². The van der Waals surface area contributed by atoms with E-state index < -0.39 is 6.10 Å². The number of halogens is 1. The molecule has 0 bridgehead atoms. The number of nitrogens with zero attached hydrogens (tertiary/aromatic N) is 1. The highest BCUT2D eigenvalue weighted by atomic mass is 35.5. The Balaban J connectivity index is 1.79. The Morgan fingerprint density at radius 1 is 1.40 bits per heavy atom. The quantitative estimate of drug-likeness (QED) is 0.891. The molecule has 0 radical (unpaired) electrons.